The van der Waals surface area contributed by atoms with Crippen LogP contribution in [0.3, 0.4) is 0 Å². The molecule has 4 aromatic rings. The van der Waals surface area contributed by atoms with Gasteiger partial charge < -0.3 is 11.1 Å². The summed E-state index contributed by atoms with van der Waals surface area (Å²) < 4.78 is 1.59. The van der Waals surface area contributed by atoms with E-state index in [1.54, 1.807) is 23.0 Å². The van der Waals surface area contributed by atoms with Gasteiger partial charge in [-0.15, -0.1) is 0 Å². The van der Waals surface area contributed by atoms with Crippen molar-refractivity contribution in [3.05, 3.63) is 76.6 Å². The second-order valence-corrected chi connectivity index (χ2v) is 7.35. The fourth-order valence-corrected chi connectivity index (χ4v) is 3.62. The summed E-state index contributed by atoms with van der Waals surface area (Å²) in [5.74, 6) is 0.332. The molecule has 0 aliphatic rings. The predicted molar refractivity (Wildman–Crippen MR) is 121 cm³/mol. The van der Waals surface area contributed by atoms with Gasteiger partial charge in [0.05, 0.1) is 28.1 Å². The molecule has 0 radical (unpaired) electrons. The highest BCUT2D eigenvalue weighted by molar-refractivity contribution is 6.31. The number of benzene rings is 2. The first-order chi connectivity index (χ1) is 15.1. The standard InChI is InChI=1S/C23H18ClN7/c24-16-8-9-20-18(11-16)22(15(12-25)14-29-20)28-10-4-7-21-19(13-26)23(27)31(30-21)17-5-2-1-3-6-17/h1-3,5-6,8-9,11,14H,4,7,10,27H2,(H,28,29). The summed E-state index contributed by atoms with van der Waals surface area (Å²) in [5, 5.41) is 28.3. The highest BCUT2D eigenvalue weighted by Gasteiger charge is 2.16. The number of nitrogens with zero attached hydrogens (tertiary/aromatic N) is 5. The fourth-order valence-electron chi connectivity index (χ4n) is 3.45. The number of aryl methyl sites for hydroxylation is 1. The zero-order valence-electron chi connectivity index (χ0n) is 16.5. The summed E-state index contributed by atoms with van der Waals surface area (Å²) in [4.78, 5) is 4.31. The molecule has 0 bridgehead atoms. The Balaban J connectivity index is 1.52. The van der Waals surface area contributed by atoms with E-state index in [9.17, 15) is 10.5 Å². The van der Waals surface area contributed by atoms with E-state index < -0.39 is 0 Å². The van der Waals surface area contributed by atoms with E-state index in [0.29, 0.717) is 52.7 Å². The molecule has 4 rings (SSSR count). The van der Waals surface area contributed by atoms with Crippen LogP contribution >= 0.6 is 11.6 Å². The van der Waals surface area contributed by atoms with Crippen LogP contribution in [0.4, 0.5) is 11.5 Å². The number of nitriles is 2. The molecule has 2 aromatic heterocycles. The number of rotatable bonds is 6. The van der Waals surface area contributed by atoms with Crippen LogP contribution in [0.2, 0.25) is 5.02 Å². The zero-order chi connectivity index (χ0) is 21.8. The fraction of sp³-hybridized carbons (Fsp3) is 0.130. The lowest BCUT2D eigenvalue weighted by molar-refractivity contribution is 0.790. The minimum absolute atomic E-state index is 0.332. The van der Waals surface area contributed by atoms with E-state index in [4.69, 9.17) is 17.3 Å². The lowest BCUT2D eigenvalue weighted by Crippen LogP contribution is -2.06. The van der Waals surface area contributed by atoms with E-state index in [1.807, 2.05) is 36.4 Å². The highest BCUT2D eigenvalue weighted by Crippen LogP contribution is 2.28. The molecule has 152 valence electrons. The van der Waals surface area contributed by atoms with E-state index in [2.05, 4.69) is 27.5 Å². The van der Waals surface area contributed by atoms with Gasteiger partial charge in [-0.1, -0.05) is 29.8 Å². The summed E-state index contributed by atoms with van der Waals surface area (Å²) in [6.45, 7) is 0.573. The van der Waals surface area contributed by atoms with E-state index >= 15 is 0 Å². The van der Waals surface area contributed by atoms with Gasteiger partial charge in [-0.05, 0) is 43.2 Å². The number of hydrogen-bond donors (Lipinski definition) is 2. The van der Waals surface area contributed by atoms with Crippen LogP contribution in [0.1, 0.15) is 23.2 Å². The summed E-state index contributed by atoms with van der Waals surface area (Å²) in [5.41, 5.74) is 9.91. The van der Waals surface area contributed by atoms with Crippen LogP contribution in [-0.2, 0) is 6.42 Å². The largest absolute Gasteiger partial charge is 0.383 e. The Labute approximate surface area is 184 Å². The Bertz CT molecular complexity index is 1330. The van der Waals surface area contributed by atoms with Gasteiger partial charge in [0, 0.05) is 23.2 Å². The van der Waals surface area contributed by atoms with Crippen molar-refractivity contribution in [3.63, 3.8) is 0 Å². The number of nitrogens with one attached hydrogen (secondary N) is 1. The number of hydrogen-bond acceptors (Lipinski definition) is 6. The molecule has 0 aliphatic carbocycles. The van der Waals surface area contributed by atoms with Crippen molar-refractivity contribution in [2.45, 2.75) is 12.8 Å². The number of nitrogens with two attached hydrogens (primary N) is 1. The molecule has 0 saturated carbocycles. The van der Waals surface area contributed by atoms with Gasteiger partial charge in [-0.2, -0.15) is 15.6 Å². The average molecular weight is 428 g/mol. The third-order valence-electron chi connectivity index (χ3n) is 4.95. The Morgan fingerprint density at radius 3 is 2.65 bits per heavy atom. The third-order valence-corrected chi connectivity index (χ3v) is 5.18. The number of para-hydroxylation sites is 1. The molecule has 0 unspecified atom stereocenters. The molecule has 0 saturated heterocycles. The van der Waals surface area contributed by atoms with Crippen molar-refractivity contribution < 1.29 is 0 Å². The second-order valence-electron chi connectivity index (χ2n) is 6.92. The molecule has 3 N–H and O–H groups in total. The van der Waals surface area contributed by atoms with Crippen LogP contribution in [0.15, 0.2) is 54.7 Å². The van der Waals surface area contributed by atoms with Crippen LogP contribution in [0.25, 0.3) is 16.6 Å². The predicted octanol–water partition coefficient (Wildman–Crippen LogP) is 4.44. The van der Waals surface area contributed by atoms with Crippen molar-refractivity contribution in [2.75, 3.05) is 17.6 Å². The van der Waals surface area contributed by atoms with Gasteiger partial charge in [0.15, 0.2) is 0 Å². The van der Waals surface area contributed by atoms with Gasteiger partial charge in [-0.25, -0.2) is 4.68 Å². The van der Waals surface area contributed by atoms with Crippen molar-refractivity contribution in [2.24, 2.45) is 0 Å². The van der Waals surface area contributed by atoms with E-state index in [-0.39, 0.29) is 0 Å². The van der Waals surface area contributed by atoms with Gasteiger partial charge in [0.25, 0.3) is 0 Å². The number of anilines is 2. The Morgan fingerprint density at radius 1 is 1.10 bits per heavy atom. The quantitative estimate of drug-likeness (QED) is 0.439. The molecular formula is C23H18ClN7. The minimum atomic E-state index is 0.332. The number of pyridine rings is 1. The van der Waals surface area contributed by atoms with Crippen molar-refractivity contribution in [3.8, 4) is 17.8 Å². The summed E-state index contributed by atoms with van der Waals surface area (Å²) in [7, 11) is 0. The first-order valence-corrected chi connectivity index (χ1v) is 10.0. The maximum atomic E-state index is 9.55. The summed E-state index contributed by atoms with van der Waals surface area (Å²) in [6, 6.07) is 19.2. The first-order valence-electron chi connectivity index (χ1n) is 9.67. The Morgan fingerprint density at radius 2 is 1.90 bits per heavy atom. The Hall–Kier alpha value is -4.07. The highest BCUT2D eigenvalue weighted by atomic mass is 35.5. The van der Waals surface area contributed by atoms with Gasteiger partial charge in [-0.3, -0.25) is 4.98 Å². The van der Waals surface area contributed by atoms with Gasteiger partial charge in [0.1, 0.15) is 23.5 Å². The minimum Gasteiger partial charge on any atom is -0.383 e. The molecule has 0 fully saturated rings. The van der Waals surface area contributed by atoms with Gasteiger partial charge >= 0.3 is 0 Å². The molecular weight excluding hydrogens is 410 g/mol. The lowest BCUT2D eigenvalue weighted by atomic mass is 10.1. The summed E-state index contributed by atoms with van der Waals surface area (Å²) >= 11 is 6.14. The van der Waals surface area contributed by atoms with Crippen molar-refractivity contribution in [1.82, 2.24) is 14.8 Å². The number of halogens is 1. The average Bonchev–Trinajstić information content (AvgIpc) is 3.12. The van der Waals surface area contributed by atoms with Crippen LogP contribution in [-0.4, -0.2) is 21.3 Å². The third kappa shape index (κ3) is 4.00. The maximum absolute atomic E-state index is 9.55. The summed E-state index contributed by atoms with van der Waals surface area (Å²) in [6.07, 6.45) is 2.80. The van der Waals surface area contributed by atoms with Crippen molar-refractivity contribution in [1.29, 1.82) is 10.5 Å². The smallest absolute Gasteiger partial charge is 0.145 e. The van der Waals surface area contributed by atoms with E-state index in [1.165, 1.54) is 0 Å². The topological polar surface area (TPSA) is 116 Å². The van der Waals surface area contributed by atoms with Crippen LogP contribution in [0, 0.1) is 22.7 Å². The first kappa shape index (κ1) is 20.2. The molecule has 0 spiro atoms. The number of nitrogen functional groups attached to an aromatic ring is 1. The van der Waals surface area contributed by atoms with Crippen molar-refractivity contribution >= 4 is 34.0 Å². The normalized spacial score (nSPS) is 10.5. The monoisotopic (exact) mass is 427 g/mol. The second kappa shape index (κ2) is 8.74. The molecule has 2 aromatic carbocycles. The van der Waals surface area contributed by atoms with Crippen LogP contribution in [0.5, 0.6) is 0 Å². The Kier molecular flexibility index (Phi) is 5.70. The molecule has 7 nitrogen and oxygen atoms in total. The zero-order valence-corrected chi connectivity index (χ0v) is 17.3. The van der Waals surface area contributed by atoms with Crippen LogP contribution < -0.4 is 11.1 Å². The molecule has 0 aliphatic heterocycles. The molecule has 0 amide bonds. The molecule has 2 heterocycles. The lowest BCUT2D eigenvalue weighted by Gasteiger charge is -2.11. The molecule has 31 heavy (non-hydrogen) atoms. The number of fused-ring (bicyclic) bond motifs is 1. The maximum Gasteiger partial charge on any atom is 0.145 e. The van der Waals surface area contributed by atoms with E-state index in [0.717, 1.165) is 16.6 Å². The molecule has 0 atom stereocenters. The molecule has 8 heteroatoms. The van der Waals surface area contributed by atoms with Gasteiger partial charge in [0.2, 0.25) is 0 Å². The number of aromatic nitrogens is 3. The SMILES string of the molecule is N#Cc1cnc2ccc(Cl)cc2c1NCCCc1nn(-c2ccccc2)c(N)c1C#N.